The van der Waals surface area contributed by atoms with Crippen molar-refractivity contribution in [3.8, 4) is 11.9 Å². The lowest BCUT2D eigenvalue weighted by Crippen LogP contribution is -2.23. The van der Waals surface area contributed by atoms with E-state index in [1.165, 1.54) is 49.6 Å². The van der Waals surface area contributed by atoms with Crippen molar-refractivity contribution in [2.75, 3.05) is 11.6 Å². The minimum absolute atomic E-state index is 0.0562. The SMILES string of the molecule is CCOC(=O)C1=NN(c2c(Cl)cc(Cl)cc2Cl)C(=O)/C1=C\C=CC=Cc1c(C)c(C#N)c(=O)n(C)c1O. The first-order valence-electron chi connectivity index (χ1n) is 10.7. The average molecular weight is 562 g/mol. The van der Waals surface area contributed by atoms with Gasteiger partial charge in [-0.25, -0.2) is 4.79 Å². The number of hydrazone groups is 1. The standard InChI is InChI=1S/C25H19Cl3N4O5/c1-4-37-25(36)20-16(24(35)32(30-20)21-18(27)10-14(26)11-19(21)28)9-7-5-6-8-15-13(2)17(12-29)23(34)31(3)22(15)33/h5-11,33H,4H2,1-3H3/b7-5?,8-6?,16-9-. The molecule has 9 nitrogen and oxygen atoms in total. The number of nitriles is 1. The van der Waals surface area contributed by atoms with Crippen LogP contribution in [0.25, 0.3) is 6.08 Å². The number of hydrogen-bond donors (Lipinski definition) is 1. The highest BCUT2D eigenvalue weighted by molar-refractivity contribution is 6.54. The van der Waals surface area contributed by atoms with Crippen LogP contribution in [0.15, 0.2) is 51.9 Å². The first kappa shape index (κ1) is 27.7. The number of ether oxygens (including phenoxy) is 1. The molecule has 1 N–H and O–H groups in total. The van der Waals surface area contributed by atoms with E-state index in [1.54, 1.807) is 13.8 Å². The van der Waals surface area contributed by atoms with Gasteiger partial charge >= 0.3 is 5.97 Å². The summed E-state index contributed by atoms with van der Waals surface area (Å²) in [6.07, 6.45) is 7.36. The Morgan fingerprint density at radius 1 is 1.19 bits per heavy atom. The molecule has 0 spiro atoms. The third-order valence-electron chi connectivity index (χ3n) is 5.26. The molecule has 0 aliphatic carbocycles. The van der Waals surface area contributed by atoms with Gasteiger partial charge in [0.25, 0.3) is 11.5 Å². The molecule has 3 rings (SSSR count). The van der Waals surface area contributed by atoms with Crippen molar-refractivity contribution in [1.29, 1.82) is 5.26 Å². The summed E-state index contributed by atoms with van der Waals surface area (Å²) in [5.41, 5.74) is -0.351. The van der Waals surface area contributed by atoms with Crippen LogP contribution < -0.4 is 10.6 Å². The summed E-state index contributed by atoms with van der Waals surface area (Å²) in [5, 5.41) is 24.9. The topological polar surface area (TPSA) is 125 Å². The summed E-state index contributed by atoms with van der Waals surface area (Å²) in [5.74, 6) is -1.79. The Morgan fingerprint density at radius 2 is 1.84 bits per heavy atom. The summed E-state index contributed by atoms with van der Waals surface area (Å²) in [6, 6.07) is 4.61. The minimum Gasteiger partial charge on any atom is -0.494 e. The number of esters is 1. The lowest BCUT2D eigenvalue weighted by atomic mass is 10.0. The van der Waals surface area contributed by atoms with Crippen LogP contribution in [0, 0.1) is 18.3 Å². The van der Waals surface area contributed by atoms with Crippen LogP contribution in [0.3, 0.4) is 0 Å². The second kappa shape index (κ2) is 11.5. The highest BCUT2D eigenvalue weighted by Crippen LogP contribution is 2.39. The maximum atomic E-state index is 13.2. The van der Waals surface area contributed by atoms with E-state index in [1.807, 2.05) is 6.07 Å². The van der Waals surface area contributed by atoms with Crippen LogP contribution in [0.5, 0.6) is 5.88 Å². The van der Waals surface area contributed by atoms with Gasteiger partial charge in [-0.15, -0.1) is 0 Å². The fourth-order valence-electron chi connectivity index (χ4n) is 3.41. The zero-order chi connectivity index (χ0) is 27.4. The normalized spacial score (nSPS) is 14.6. The molecule has 1 aromatic carbocycles. The fourth-order valence-corrected chi connectivity index (χ4v) is 4.39. The largest absolute Gasteiger partial charge is 0.494 e. The zero-order valence-electron chi connectivity index (χ0n) is 19.8. The summed E-state index contributed by atoms with van der Waals surface area (Å²) in [6.45, 7) is 3.22. The number of aromatic hydroxyl groups is 1. The Labute approximate surface area is 226 Å². The van der Waals surface area contributed by atoms with Gasteiger partial charge in [-0.05, 0) is 43.7 Å². The van der Waals surface area contributed by atoms with Gasteiger partial charge in [-0.3, -0.25) is 14.2 Å². The molecule has 0 saturated heterocycles. The molecule has 0 bridgehead atoms. The van der Waals surface area contributed by atoms with Gasteiger partial charge in [0.1, 0.15) is 17.3 Å². The molecule has 1 aliphatic heterocycles. The third kappa shape index (κ3) is 5.47. The molecule has 1 aliphatic rings. The molecule has 0 unspecified atom stereocenters. The van der Waals surface area contributed by atoms with Crippen LogP contribution in [0.4, 0.5) is 5.69 Å². The maximum Gasteiger partial charge on any atom is 0.359 e. The number of amides is 1. The van der Waals surface area contributed by atoms with Crippen molar-refractivity contribution in [2.24, 2.45) is 12.1 Å². The second-order valence-corrected chi connectivity index (χ2v) is 8.79. The number of nitrogens with zero attached hydrogens (tertiary/aromatic N) is 4. The van der Waals surface area contributed by atoms with E-state index in [4.69, 9.17) is 39.5 Å². The van der Waals surface area contributed by atoms with Crippen LogP contribution in [-0.4, -0.2) is 33.9 Å². The van der Waals surface area contributed by atoms with Crippen LogP contribution >= 0.6 is 34.8 Å². The number of pyridine rings is 1. The molecular weight excluding hydrogens is 543 g/mol. The maximum absolute atomic E-state index is 13.2. The molecule has 0 atom stereocenters. The zero-order valence-corrected chi connectivity index (χ0v) is 22.0. The molecule has 0 saturated carbocycles. The first-order chi connectivity index (χ1) is 17.5. The first-order valence-corrected chi connectivity index (χ1v) is 11.8. The molecule has 190 valence electrons. The predicted molar refractivity (Wildman–Crippen MR) is 142 cm³/mol. The van der Waals surface area contributed by atoms with Crippen LogP contribution in [0.1, 0.15) is 23.6 Å². The quantitative estimate of drug-likeness (QED) is 0.310. The van der Waals surface area contributed by atoms with Gasteiger partial charge < -0.3 is 9.84 Å². The minimum atomic E-state index is -0.815. The van der Waals surface area contributed by atoms with Gasteiger partial charge in [0.05, 0.1) is 22.2 Å². The van der Waals surface area contributed by atoms with E-state index in [-0.39, 0.29) is 55.7 Å². The highest BCUT2D eigenvalue weighted by atomic mass is 35.5. The number of carbonyl (C=O) groups excluding carboxylic acids is 2. The number of aromatic nitrogens is 1. The lowest BCUT2D eigenvalue weighted by Gasteiger charge is -2.15. The van der Waals surface area contributed by atoms with E-state index in [0.717, 1.165) is 9.58 Å². The summed E-state index contributed by atoms with van der Waals surface area (Å²) < 4.78 is 6.00. The Balaban J connectivity index is 1.97. The monoisotopic (exact) mass is 560 g/mol. The van der Waals surface area contributed by atoms with Gasteiger partial charge in [0.15, 0.2) is 5.71 Å². The van der Waals surface area contributed by atoms with Crippen LogP contribution in [-0.2, 0) is 21.4 Å². The number of halogens is 3. The van der Waals surface area contributed by atoms with Crippen molar-refractivity contribution in [1.82, 2.24) is 4.57 Å². The Kier molecular flexibility index (Phi) is 8.61. The van der Waals surface area contributed by atoms with Crippen LogP contribution in [0.2, 0.25) is 15.1 Å². The van der Waals surface area contributed by atoms with E-state index in [0.29, 0.717) is 5.56 Å². The Bertz CT molecular complexity index is 1510. The summed E-state index contributed by atoms with van der Waals surface area (Å²) >= 11 is 18.4. The molecule has 1 aromatic heterocycles. The van der Waals surface area contributed by atoms with Crippen molar-refractivity contribution in [3.63, 3.8) is 0 Å². The Hall–Kier alpha value is -3.84. The molecule has 37 heavy (non-hydrogen) atoms. The van der Waals surface area contributed by atoms with Gasteiger partial charge in [-0.2, -0.15) is 15.4 Å². The molecule has 1 amide bonds. The molecular formula is C25H19Cl3N4O5. The fraction of sp³-hybridized carbons (Fsp3) is 0.160. The number of carbonyl (C=O) groups is 2. The average Bonchev–Trinajstić information content (AvgIpc) is 3.15. The second-order valence-electron chi connectivity index (χ2n) is 7.54. The van der Waals surface area contributed by atoms with E-state index < -0.39 is 17.4 Å². The van der Waals surface area contributed by atoms with Crippen molar-refractivity contribution in [3.05, 3.63) is 84.1 Å². The number of anilines is 1. The van der Waals surface area contributed by atoms with E-state index >= 15 is 0 Å². The molecule has 2 aromatic rings. The third-order valence-corrected chi connectivity index (χ3v) is 6.05. The van der Waals surface area contributed by atoms with Crippen molar-refractivity contribution in [2.45, 2.75) is 13.8 Å². The Morgan fingerprint density at radius 3 is 2.43 bits per heavy atom. The number of benzene rings is 1. The summed E-state index contributed by atoms with van der Waals surface area (Å²) in [4.78, 5) is 37.8. The van der Waals surface area contributed by atoms with E-state index in [2.05, 4.69) is 5.10 Å². The molecule has 0 radical (unpaired) electrons. The summed E-state index contributed by atoms with van der Waals surface area (Å²) in [7, 11) is 1.35. The van der Waals surface area contributed by atoms with Gasteiger partial charge in [0.2, 0.25) is 5.88 Å². The van der Waals surface area contributed by atoms with Gasteiger partial charge in [-0.1, -0.05) is 53.0 Å². The molecule has 2 heterocycles. The van der Waals surface area contributed by atoms with Gasteiger partial charge in [0, 0.05) is 17.6 Å². The highest BCUT2D eigenvalue weighted by Gasteiger charge is 2.37. The number of rotatable bonds is 6. The molecule has 0 fully saturated rings. The smallest absolute Gasteiger partial charge is 0.359 e. The number of allylic oxidation sites excluding steroid dienone is 4. The van der Waals surface area contributed by atoms with Crippen molar-refractivity contribution >= 4 is 64.2 Å². The van der Waals surface area contributed by atoms with Crippen molar-refractivity contribution < 1.29 is 19.4 Å². The van der Waals surface area contributed by atoms with E-state index in [9.17, 15) is 24.8 Å². The lowest BCUT2D eigenvalue weighted by molar-refractivity contribution is -0.135. The predicted octanol–water partition coefficient (Wildman–Crippen LogP) is 4.69. The number of hydrogen-bond acceptors (Lipinski definition) is 7. The molecule has 12 heteroatoms.